The van der Waals surface area contributed by atoms with Gasteiger partial charge in [0, 0.05) is 6.42 Å². The van der Waals surface area contributed by atoms with Gasteiger partial charge in [-0.15, -0.1) is 0 Å². The molecule has 0 spiro atoms. The first-order chi connectivity index (χ1) is 5.61. The summed E-state index contributed by atoms with van der Waals surface area (Å²) in [6.45, 7) is 7.69. The molecule has 0 aromatic rings. The Kier molecular flexibility index (Phi) is 3.27. The lowest BCUT2D eigenvalue weighted by atomic mass is 9.83. The zero-order chi connectivity index (χ0) is 9.14. The molecule has 0 aliphatic carbocycles. The lowest BCUT2D eigenvalue weighted by molar-refractivity contribution is -0.118. The van der Waals surface area contributed by atoms with Gasteiger partial charge in [0.25, 0.3) is 0 Å². The standard InChI is InChI=1S/C10H18O2/c1-7(2)10-6-12-5-9(10)4-8(3)11/h7,9-10H,4-6H2,1-3H3/t9-,10+/m1/s1. The Morgan fingerprint density at radius 1 is 1.50 bits per heavy atom. The van der Waals surface area contributed by atoms with Gasteiger partial charge in [-0.25, -0.2) is 0 Å². The summed E-state index contributed by atoms with van der Waals surface area (Å²) in [6, 6.07) is 0. The lowest BCUT2D eigenvalue weighted by Crippen LogP contribution is -2.20. The first-order valence-electron chi connectivity index (χ1n) is 4.68. The minimum Gasteiger partial charge on any atom is -0.381 e. The van der Waals surface area contributed by atoms with E-state index in [2.05, 4.69) is 13.8 Å². The van der Waals surface area contributed by atoms with Gasteiger partial charge >= 0.3 is 0 Å². The number of ether oxygens (including phenoxy) is 1. The minimum atomic E-state index is 0.288. The molecule has 1 aliphatic heterocycles. The SMILES string of the molecule is CC(=O)C[C@@H]1COC[C@H]1C(C)C. The molecule has 0 saturated carbocycles. The third-order valence-corrected chi connectivity index (χ3v) is 2.65. The van der Waals surface area contributed by atoms with Crippen molar-refractivity contribution in [1.82, 2.24) is 0 Å². The predicted octanol–water partition coefficient (Wildman–Crippen LogP) is 1.88. The summed E-state index contributed by atoms with van der Waals surface area (Å²) in [4.78, 5) is 10.9. The second-order valence-corrected chi connectivity index (χ2v) is 4.11. The first kappa shape index (κ1) is 9.72. The highest BCUT2D eigenvalue weighted by atomic mass is 16.5. The molecule has 12 heavy (non-hydrogen) atoms. The van der Waals surface area contributed by atoms with Crippen LogP contribution in [0.15, 0.2) is 0 Å². The third-order valence-electron chi connectivity index (χ3n) is 2.65. The molecule has 2 atom stereocenters. The first-order valence-corrected chi connectivity index (χ1v) is 4.68. The fourth-order valence-corrected chi connectivity index (χ4v) is 1.93. The Morgan fingerprint density at radius 2 is 2.17 bits per heavy atom. The van der Waals surface area contributed by atoms with Crippen molar-refractivity contribution in [2.24, 2.45) is 17.8 Å². The van der Waals surface area contributed by atoms with Crippen LogP contribution in [-0.4, -0.2) is 19.0 Å². The second kappa shape index (κ2) is 4.04. The van der Waals surface area contributed by atoms with Crippen molar-refractivity contribution in [2.75, 3.05) is 13.2 Å². The molecular formula is C10H18O2. The van der Waals surface area contributed by atoms with E-state index in [1.165, 1.54) is 0 Å². The van der Waals surface area contributed by atoms with E-state index in [9.17, 15) is 4.79 Å². The molecule has 2 nitrogen and oxygen atoms in total. The molecule has 1 saturated heterocycles. The number of carbonyl (C=O) groups is 1. The van der Waals surface area contributed by atoms with Crippen molar-refractivity contribution in [3.8, 4) is 0 Å². The fourth-order valence-electron chi connectivity index (χ4n) is 1.93. The molecule has 0 N–H and O–H groups in total. The van der Waals surface area contributed by atoms with E-state index in [-0.39, 0.29) is 5.78 Å². The average Bonchev–Trinajstić information content (AvgIpc) is 2.33. The summed E-state index contributed by atoms with van der Waals surface area (Å²) in [5.41, 5.74) is 0. The van der Waals surface area contributed by atoms with Crippen molar-refractivity contribution >= 4 is 5.78 Å². The molecule has 1 heterocycles. The van der Waals surface area contributed by atoms with Crippen molar-refractivity contribution in [3.63, 3.8) is 0 Å². The van der Waals surface area contributed by atoms with Crippen molar-refractivity contribution in [3.05, 3.63) is 0 Å². The molecule has 70 valence electrons. The number of hydrogen-bond donors (Lipinski definition) is 0. The van der Waals surface area contributed by atoms with Gasteiger partial charge in [0.15, 0.2) is 0 Å². The smallest absolute Gasteiger partial charge is 0.130 e. The number of hydrogen-bond acceptors (Lipinski definition) is 2. The zero-order valence-corrected chi connectivity index (χ0v) is 8.17. The fraction of sp³-hybridized carbons (Fsp3) is 0.900. The molecule has 0 aromatic heterocycles. The van der Waals surface area contributed by atoms with E-state index in [1.807, 2.05) is 0 Å². The highest BCUT2D eigenvalue weighted by Gasteiger charge is 2.30. The third kappa shape index (κ3) is 2.31. The highest BCUT2D eigenvalue weighted by Crippen LogP contribution is 2.29. The normalized spacial score (nSPS) is 29.7. The Hall–Kier alpha value is -0.370. The summed E-state index contributed by atoms with van der Waals surface area (Å²) < 4.78 is 5.38. The van der Waals surface area contributed by atoms with E-state index < -0.39 is 0 Å². The summed E-state index contributed by atoms with van der Waals surface area (Å²) in [7, 11) is 0. The highest BCUT2D eigenvalue weighted by molar-refractivity contribution is 5.75. The van der Waals surface area contributed by atoms with Gasteiger partial charge in [-0.3, -0.25) is 0 Å². The van der Waals surface area contributed by atoms with Crippen LogP contribution in [-0.2, 0) is 9.53 Å². The molecular weight excluding hydrogens is 152 g/mol. The Bertz CT molecular complexity index is 163. The van der Waals surface area contributed by atoms with E-state index >= 15 is 0 Å². The van der Waals surface area contributed by atoms with Gasteiger partial charge in [0.2, 0.25) is 0 Å². The van der Waals surface area contributed by atoms with Crippen LogP contribution < -0.4 is 0 Å². The Morgan fingerprint density at radius 3 is 2.67 bits per heavy atom. The van der Waals surface area contributed by atoms with Crippen LogP contribution in [0, 0.1) is 17.8 Å². The van der Waals surface area contributed by atoms with E-state index in [0.717, 1.165) is 13.2 Å². The van der Waals surface area contributed by atoms with E-state index in [0.29, 0.717) is 24.2 Å². The van der Waals surface area contributed by atoms with Crippen LogP contribution in [0.2, 0.25) is 0 Å². The maximum Gasteiger partial charge on any atom is 0.130 e. The van der Waals surface area contributed by atoms with Crippen molar-refractivity contribution in [1.29, 1.82) is 0 Å². The average molecular weight is 170 g/mol. The summed E-state index contributed by atoms with van der Waals surface area (Å²) in [6.07, 6.45) is 0.697. The van der Waals surface area contributed by atoms with Gasteiger partial charge in [-0.2, -0.15) is 0 Å². The summed E-state index contributed by atoms with van der Waals surface area (Å²) in [5, 5.41) is 0. The monoisotopic (exact) mass is 170 g/mol. The quantitative estimate of drug-likeness (QED) is 0.646. The van der Waals surface area contributed by atoms with Crippen LogP contribution in [0.3, 0.4) is 0 Å². The van der Waals surface area contributed by atoms with Crippen LogP contribution in [0.25, 0.3) is 0 Å². The maximum absolute atomic E-state index is 10.9. The molecule has 1 aliphatic rings. The summed E-state index contributed by atoms with van der Waals surface area (Å²) in [5.74, 6) is 1.99. The maximum atomic E-state index is 10.9. The van der Waals surface area contributed by atoms with Crippen LogP contribution in [0.1, 0.15) is 27.2 Å². The molecule has 1 rings (SSSR count). The lowest BCUT2D eigenvalue weighted by Gasteiger charge is -2.19. The Balaban J connectivity index is 2.46. The molecule has 0 radical (unpaired) electrons. The predicted molar refractivity (Wildman–Crippen MR) is 47.9 cm³/mol. The molecule has 0 unspecified atom stereocenters. The van der Waals surface area contributed by atoms with Crippen LogP contribution in [0.4, 0.5) is 0 Å². The molecule has 2 heteroatoms. The van der Waals surface area contributed by atoms with Gasteiger partial charge in [0.1, 0.15) is 5.78 Å². The minimum absolute atomic E-state index is 0.288. The van der Waals surface area contributed by atoms with Crippen LogP contribution in [0.5, 0.6) is 0 Å². The van der Waals surface area contributed by atoms with Gasteiger partial charge in [-0.05, 0) is 24.7 Å². The molecule has 1 fully saturated rings. The van der Waals surface area contributed by atoms with Gasteiger partial charge in [-0.1, -0.05) is 13.8 Å². The largest absolute Gasteiger partial charge is 0.381 e. The zero-order valence-electron chi connectivity index (χ0n) is 8.17. The van der Waals surface area contributed by atoms with E-state index in [4.69, 9.17) is 4.74 Å². The molecule has 0 amide bonds. The molecule has 0 aromatic carbocycles. The van der Waals surface area contributed by atoms with E-state index in [1.54, 1.807) is 6.92 Å². The van der Waals surface area contributed by atoms with Gasteiger partial charge < -0.3 is 9.53 Å². The van der Waals surface area contributed by atoms with Gasteiger partial charge in [0.05, 0.1) is 13.2 Å². The summed E-state index contributed by atoms with van der Waals surface area (Å²) >= 11 is 0. The topological polar surface area (TPSA) is 26.3 Å². The molecule has 0 bridgehead atoms. The number of carbonyl (C=O) groups excluding carboxylic acids is 1. The van der Waals surface area contributed by atoms with Crippen LogP contribution >= 0.6 is 0 Å². The second-order valence-electron chi connectivity index (χ2n) is 4.11. The Labute approximate surface area is 74.3 Å². The van der Waals surface area contributed by atoms with Crippen molar-refractivity contribution < 1.29 is 9.53 Å². The number of rotatable bonds is 3. The number of ketones is 1. The van der Waals surface area contributed by atoms with Crippen molar-refractivity contribution in [2.45, 2.75) is 27.2 Å². The number of Topliss-reactive ketones (excluding diaryl/α,β-unsaturated/α-hetero) is 1.